The van der Waals surface area contributed by atoms with Crippen molar-refractivity contribution in [2.75, 3.05) is 13.7 Å². The third-order valence-corrected chi connectivity index (χ3v) is 5.58. The highest BCUT2D eigenvalue weighted by Gasteiger charge is 2.23. The van der Waals surface area contributed by atoms with Crippen LogP contribution in [0.4, 0.5) is 4.39 Å². The van der Waals surface area contributed by atoms with E-state index in [2.05, 4.69) is 27.0 Å². The number of H-pyrrole nitrogens is 1. The molecule has 3 heterocycles. The SMILES string of the molecule is COc1ccc(-c2cn3c(=O)[nH]c4c(c3n2)CN(Cc2ccccc2)CC4)c(F)c1. The fraction of sp³-hybridized carbons (Fsp3) is 0.217. The van der Waals surface area contributed by atoms with Crippen molar-refractivity contribution in [1.29, 1.82) is 0 Å². The summed E-state index contributed by atoms with van der Waals surface area (Å²) in [6.07, 6.45) is 2.34. The number of hydrogen-bond acceptors (Lipinski definition) is 4. The number of nitrogens with one attached hydrogen (secondary N) is 1. The first-order valence-corrected chi connectivity index (χ1v) is 9.85. The predicted octanol–water partition coefficient (Wildman–Crippen LogP) is 3.40. The number of halogens is 1. The number of benzene rings is 2. The van der Waals surface area contributed by atoms with Gasteiger partial charge in [0.15, 0.2) is 0 Å². The Bertz CT molecular complexity index is 1280. The Balaban J connectivity index is 1.54. The third-order valence-electron chi connectivity index (χ3n) is 5.58. The lowest BCUT2D eigenvalue weighted by Crippen LogP contribution is -2.33. The molecule has 2 aromatic carbocycles. The molecule has 0 fully saturated rings. The lowest BCUT2D eigenvalue weighted by atomic mass is 10.1. The number of aromatic amines is 1. The Morgan fingerprint density at radius 3 is 2.80 bits per heavy atom. The topological polar surface area (TPSA) is 62.6 Å². The van der Waals surface area contributed by atoms with Gasteiger partial charge in [0.25, 0.3) is 0 Å². The summed E-state index contributed by atoms with van der Waals surface area (Å²) in [4.78, 5) is 22.6. The van der Waals surface area contributed by atoms with E-state index < -0.39 is 5.82 Å². The lowest BCUT2D eigenvalue weighted by molar-refractivity contribution is 0.243. The van der Waals surface area contributed by atoms with Gasteiger partial charge in [0.1, 0.15) is 17.2 Å². The number of nitrogens with zero attached hydrogens (tertiary/aromatic N) is 3. The summed E-state index contributed by atoms with van der Waals surface area (Å²) in [6.45, 7) is 2.35. The molecule has 4 aromatic rings. The number of methoxy groups -OCH3 is 1. The molecule has 2 aromatic heterocycles. The van der Waals surface area contributed by atoms with Crippen LogP contribution in [-0.2, 0) is 19.5 Å². The van der Waals surface area contributed by atoms with Gasteiger partial charge in [-0.1, -0.05) is 30.3 Å². The maximum atomic E-state index is 14.6. The maximum Gasteiger partial charge on any atom is 0.331 e. The molecular weight excluding hydrogens is 383 g/mol. The molecule has 1 aliphatic heterocycles. The molecule has 0 saturated heterocycles. The van der Waals surface area contributed by atoms with E-state index in [9.17, 15) is 9.18 Å². The van der Waals surface area contributed by atoms with Crippen molar-refractivity contribution >= 4 is 5.65 Å². The molecule has 152 valence electrons. The molecule has 0 radical (unpaired) electrons. The van der Waals surface area contributed by atoms with Crippen LogP contribution < -0.4 is 10.4 Å². The minimum absolute atomic E-state index is 0.257. The smallest absolute Gasteiger partial charge is 0.331 e. The van der Waals surface area contributed by atoms with Crippen molar-refractivity contribution in [3.63, 3.8) is 0 Å². The maximum absolute atomic E-state index is 14.6. The highest BCUT2D eigenvalue weighted by atomic mass is 19.1. The van der Waals surface area contributed by atoms with E-state index in [1.165, 1.54) is 23.1 Å². The normalized spacial score (nSPS) is 14.1. The molecule has 1 N–H and O–H groups in total. The van der Waals surface area contributed by atoms with Gasteiger partial charge in [0.05, 0.1) is 12.8 Å². The molecular formula is C23H21FN4O2. The van der Waals surface area contributed by atoms with Crippen molar-refractivity contribution in [2.24, 2.45) is 0 Å². The Morgan fingerprint density at radius 2 is 2.03 bits per heavy atom. The average Bonchev–Trinajstić information content (AvgIpc) is 3.21. The molecule has 0 bridgehead atoms. The first kappa shape index (κ1) is 18.6. The monoisotopic (exact) mass is 404 g/mol. The zero-order chi connectivity index (χ0) is 20.7. The van der Waals surface area contributed by atoms with E-state index in [1.54, 1.807) is 18.3 Å². The molecule has 0 spiro atoms. The summed E-state index contributed by atoms with van der Waals surface area (Å²) in [6, 6.07) is 14.9. The number of fused-ring (bicyclic) bond motifs is 3. The van der Waals surface area contributed by atoms with E-state index in [1.807, 2.05) is 18.2 Å². The predicted molar refractivity (Wildman–Crippen MR) is 112 cm³/mol. The summed E-state index contributed by atoms with van der Waals surface area (Å²) in [5, 5.41) is 0. The van der Waals surface area contributed by atoms with Gasteiger partial charge in [0, 0.05) is 55.1 Å². The summed E-state index contributed by atoms with van der Waals surface area (Å²) < 4.78 is 21.1. The molecule has 7 heteroatoms. The Morgan fingerprint density at radius 1 is 1.20 bits per heavy atom. The zero-order valence-corrected chi connectivity index (χ0v) is 16.6. The van der Waals surface area contributed by atoms with Gasteiger partial charge in [0.2, 0.25) is 0 Å². The van der Waals surface area contributed by atoms with Crippen LogP contribution in [0.2, 0.25) is 0 Å². The fourth-order valence-electron chi connectivity index (χ4n) is 4.04. The highest BCUT2D eigenvalue weighted by molar-refractivity contribution is 5.66. The standard InChI is InChI=1S/C23H21FN4O2/c1-30-16-7-8-17(19(24)11-16)21-14-28-22(25-21)18-13-27(10-9-20(18)26-23(28)29)12-15-5-3-2-4-6-15/h2-8,11,14H,9-10,12-13H2,1H3,(H,26,29). The Kier molecular flexibility index (Phi) is 4.59. The quantitative estimate of drug-likeness (QED) is 0.566. The van der Waals surface area contributed by atoms with Crippen molar-refractivity contribution in [3.8, 4) is 17.0 Å². The summed E-state index contributed by atoms with van der Waals surface area (Å²) in [7, 11) is 1.49. The Hall–Kier alpha value is -3.45. The fourth-order valence-corrected chi connectivity index (χ4v) is 4.04. The second-order valence-electron chi connectivity index (χ2n) is 7.50. The van der Waals surface area contributed by atoms with Crippen LogP contribution >= 0.6 is 0 Å². The minimum Gasteiger partial charge on any atom is -0.497 e. The first-order valence-electron chi connectivity index (χ1n) is 9.85. The van der Waals surface area contributed by atoms with E-state index in [0.717, 1.165) is 30.8 Å². The molecule has 1 aliphatic rings. The van der Waals surface area contributed by atoms with Crippen molar-refractivity contribution in [2.45, 2.75) is 19.5 Å². The molecule has 0 saturated carbocycles. The number of ether oxygens (including phenoxy) is 1. The van der Waals surface area contributed by atoms with Crippen LogP contribution in [0.1, 0.15) is 16.8 Å². The van der Waals surface area contributed by atoms with Gasteiger partial charge in [-0.05, 0) is 17.7 Å². The third kappa shape index (κ3) is 3.27. The Labute approximate surface area is 172 Å². The molecule has 0 atom stereocenters. The molecule has 30 heavy (non-hydrogen) atoms. The average molecular weight is 404 g/mol. The second kappa shape index (κ2) is 7.42. The van der Waals surface area contributed by atoms with E-state index in [4.69, 9.17) is 4.74 Å². The van der Waals surface area contributed by atoms with Gasteiger partial charge in [-0.25, -0.2) is 14.2 Å². The zero-order valence-electron chi connectivity index (χ0n) is 16.6. The van der Waals surface area contributed by atoms with Gasteiger partial charge < -0.3 is 9.72 Å². The summed E-state index contributed by atoms with van der Waals surface area (Å²) in [5.41, 5.74) is 4.22. The molecule has 6 nitrogen and oxygen atoms in total. The molecule has 0 aliphatic carbocycles. The molecule has 0 amide bonds. The lowest BCUT2D eigenvalue weighted by Gasteiger charge is -2.28. The van der Waals surface area contributed by atoms with Crippen molar-refractivity contribution in [1.82, 2.24) is 19.3 Å². The number of aromatic nitrogens is 3. The molecule has 0 unspecified atom stereocenters. The van der Waals surface area contributed by atoms with Gasteiger partial charge in [-0.3, -0.25) is 9.30 Å². The number of imidazole rings is 1. The summed E-state index contributed by atoms with van der Waals surface area (Å²) in [5.74, 6) is 0.000510. The number of rotatable bonds is 4. The highest BCUT2D eigenvalue weighted by Crippen LogP contribution is 2.28. The summed E-state index contributed by atoms with van der Waals surface area (Å²) >= 11 is 0. The largest absolute Gasteiger partial charge is 0.497 e. The van der Waals surface area contributed by atoms with Gasteiger partial charge in [-0.15, -0.1) is 0 Å². The van der Waals surface area contributed by atoms with Gasteiger partial charge in [-0.2, -0.15) is 0 Å². The van der Waals surface area contributed by atoms with Crippen molar-refractivity contribution in [3.05, 3.63) is 87.9 Å². The van der Waals surface area contributed by atoms with Crippen LogP contribution in [0.3, 0.4) is 0 Å². The first-order chi connectivity index (χ1) is 14.6. The van der Waals surface area contributed by atoms with Crippen LogP contribution in [0.5, 0.6) is 5.75 Å². The van der Waals surface area contributed by atoms with Crippen LogP contribution in [0.15, 0.2) is 59.5 Å². The second-order valence-corrected chi connectivity index (χ2v) is 7.50. The van der Waals surface area contributed by atoms with E-state index >= 15 is 0 Å². The van der Waals surface area contributed by atoms with Crippen molar-refractivity contribution < 1.29 is 9.13 Å². The minimum atomic E-state index is -0.436. The van der Waals surface area contributed by atoms with Gasteiger partial charge >= 0.3 is 5.69 Å². The van der Waals surface area contributed by atoms with Crippen LogP contribution in [-0.4, -0.2) is 32.9 Å². The van der Waals surface area contributed by atoms with E-state index in [-0.39, 0.29) is 5.69 Å². The van der Waals surface area contributed by atoms with E-state index in [0.29, 0.717) is 29.2 Å². The number of hydrogen-bond donors (Lipinski definition) is 1. The van der Waals surface area contributed by atoms with Crippen LogP contribution in [0.25, 0.3) is 16.9 Å². The van der Waals surface area contributed by atoms with Crippen LogP contribution in [0, 0.1) is 5.82 Å². The molecule has 5 rings (SSSR count).